The Morgan fingerprint density at radius 1 is 1.43 bits per heavy atom. The average Bonchev–Trinajstić information content (AvgIpc) is 2.28. The van der Waals surface area contributed by atoms with Crippen molar-refractivity contribution < 1.29 is 4.52 Å². The Labute approximate surface area is 101 Å². The van der Waals surface area contributed by atoms with E-state index in [0.29, 0.717) is 0 Å². The van der Waals surface area contributed by atoms with Gasteiger partial charge in [0.1, 0.15) is 0 Å². The van der Waals surface area contributed by atoms with Crippen molar-refractivity contribution in [3.63, 3.8) is 0 Å². The second kappa shape index (κ2) is 5.64. The first-order chi connectivity index (χ1) is 6.65. The van der Waals surface area contributed by atoms with Gasteiger partial charge < -0.3 is 4.52 Å². The van der Waals surface area contributed by atoms with Gasteiger partial charge in [0.25, 0.3) is 0 Å². The van der Waals surface area contributed by atoms with Crippen molar-refractivity contribution in [2.45, 2.75) is 0 Å². The third-order valence-electron chi connectivity index (χ3n) is 1.80. The monoisotopic (exact) mass is 311 g/mol. The first kappa shape index (κ1) is 12.7. The molecule has 0 heterocycles. The lowest BCUT2D eigenvalue weighted by atomic mass is 10.4. The Hall–Kier alpha value is 0.620. The molecule has 0 amide bonds. The molecule has 0 fully saturated rings. The quantitative estimate of drug-likeness (QED) is 0.625. The second-order valence-corrected chi connectivity index (χ2v) is 8.40. The lowest BCUT2D eigenvalue weighted by Crippen LogP contribution is -2.16. The van der Waals surface area contributed by atoms with Gasteiger partial charge in [0.05, 0.1) is 0 Å². The summed E-state index contributed by atoms with van der Waals surface area (Å²) in [5.41, 5.74) is 0. The molecule has 0 N–H and O–H groups in total. The molecule has 78 valence electrons. The maximum absolute atomic E-state index is 5.56. The predicted octanol–water partition coefficient (Wildman–Crippen LogP) is 3.16. The van der Waals surface area contributed by atoms with Crippen LogP contribution in [0.4, 0.5) is 0 Å². The Bertz CT molecular complexity index is 335. The first-order valence-electron chi connectivity index (χ1n) is 3.89. The third kappa shape index (κ3) is 2.60. The zero-order valence-electron chi connectivity index (χ0n) is 7.88. The zero-order chi connectivity index (χ0) is 10.6. The minimum Gasteiger partial charge on any atom is -0.337 e. The molecule has 0 bridgehead atoms. The standard InChI is InChI=1S/C8H11BrNOPS2/c1-10(14-9)12(13,11-2)8-6-4-3-5-7-8/h3-7H,1-2H3. The summed E-state index contributed by atoms with van der Waals surface area (Å²) < 4.78 is 7.42. The van der Waals surface area contributed by atoms with E-state index in [1.807, 2.05) is 41.5 Å². The molecule has 1 atom stereocenters. The summed E-state index contributed by atoms with van der Waals surface area (Å²) in [6.45, 7) is 0. The van der Waals surface area contributed by atoms with Gasteiger partial charge in [-0.25, -0.2) is 0 Å². The molecule has 1 aromatic rings. The SMILES string of the molecule is COP(=S)(c1ccccc1)N(C)SBr. The minimum absolute atomic E-state index is 1.06. The summed E-state index contributed by atoms with van der Waals surface area (Å²) >= 11 is 8.87. The predicted molar refractivity (Wildman–Crippen MR) is 71.7 cm³/mol. The number of hydrogen-bond acceptors (Lipinski definition) is 3. The van der Waals surface area contributed by atoms with Gasteiger partial charge in [-0.05, 0) is 11.8 Å². The van der Waals surface area contributed by atoms with Crippen molar-refractivity contribution >= 4 is 48.7 Å². The summed E-state index contributed by atoms with van der Waals surface area (Å²) in [4.78, 5) is 0. The summed E-state index contributed by atoms with van der Waals surface area (Å²) in [6, 6.07) is 9.93. The van der Waals surface area contributed by atoms with E-state index in [9.17, 15) is 0 Å². The molecule has 0 radical (unpaired) electrons. The highest BCUT2D eigenvalue weighted by Crippen LogP contribution is 2.53. The van der Waals surface area contributed by atoms with Crippen LogP contribution in [0.25, 0.3) is 0 Å². The molecular weight excluding hydrogens is 301 g/mol. The maximum Gasteiger partial charge on any atom is 0.171 e. The lowest BCUT2D eigenvalue weighted by molar-refractivity contribution is 0.446. The Morgan fingerprint density at radius 3 is 2.43 bits per heavy atom. The molecule has 1 aromatic carbocycles. The highest BCUT2D eigenvalue weighted by molar-refractivity contribution is 9.50. The van der Waals surface area contributed by atoms with Crippen LogP contribution in [0.5, 0.6) is 0 Å². The lowest BCUT2D eigenvalue weighted by Gasteiger charge is -2.27. The first-order valence-corrected chi connectivity index (χ1v) is 9.18. The summed E-state index contributed by atoms with van der Waals surface area (Å²) in [6.07, 6.45) is -2.06. The molecule has 14 heavy (non-hydrogen) atoms. The van der Waals surface area contributed by atoms with Crippen LogP contribution in [0.2, 0.25) is 0 Å². The maximum atomic E-state index is 5.56. The topological polar surface area (TPSA) is 12.5 Å². The molecule has 6 heteroatoms. The number of benzene rings is 1. The van der Waals surface area contributed by atoms with Gasteiger partial charge in [0.2, 0.25) is 0 Å². The molecule has 1 rings (SSSR count). The normalized spacial score (nSPS) is 15.4. The van der Waals surface area contributed by atoms with Crippen LogP contribution in [-0.2, 0) is 16.3 Å². The van der Waals surface area contributed by atoms with Gasteiger partial charge in [-0.3, -0.25) is 0 Å². The van der Waals surface area contributed by atoms with Crippen molar-refractivity contribution in [2.24, 2.45) is 0 Å². The van der Waals surface area contributed by atoms with Gasteiger partial charge in [0, 0.05) is 44.7 Å². The van der Waals surface area contributed by atoms with E-state index in [-0.39, 0.29) is 0 Å². The van der Waals surface area contributed by atoms with Gasteiger partial charge in [-0.2, -0.15) is 4.08 Å². The van der Waals surface area contributed by atoms with E-state index in [1.54, 1.807) is 7.11 Å². The fourth-order valence-corrected chi connectivity index (χ4v) is 6.24. The average molecular weight is 312 g/mol. The van der Waals surface area contributed by atoms with Crippen molar-refractivity contribution in [1.82, 2.24) is 4.08 Å². The summed E-state index contributed by atoms with van der Waals surface area (Å²) in [7, 11) is 5.00. The highest BCUT2D eigenvalue weighted by Gasteiger charge is 2.24. The van der Waals surface area contributed by atoms with E-state index in [4.69, 9.17) is 16.3 Å². The fourth-order valence-electron chi connectivity index (χ4n) is 1.04. The van der Waals surface area contributed by atoms with Gasteiger partial charge in [-0.15, -0.1) is 0 Å². The number of nitrogens with zero attached hydrogens (tertiary/aromatic N) is 1. The van der Waals surface area contributed by atoms with Crippen molar-refractivity contribution in [1.29, 1.82) is 0 Å². The van der Waals surface area contributed by atoms with Crippen molar-refractivity contribution in [3.8, 4) is 0 Å². The van der Waals surface area contributed by atoms with Crippen molar-refractivity contribution in [3.05, 3.63) is 30.3 Å². The van der Waals surface area contributed by atoms with Gasteiger partial charge >= 0.3 is 0 Å². The molecule has 0 aromatic heterocycles. The van der Waals surface area contributed by atoms with Gasteiger partial charge in [0.15, 0.2) is 6.42 Å². The molecule has 0 aliphatic carbocycles. The highest BCUT2D eigenvalue weighted by atomic mass is 79.9. The molecule has 1 unspecified atom stereocenters. The number of halogens is 1. The minimum atomic E-state index is -2.06. The largest absolute Gasteiger partial charge is 0.337 e. The molecular formula is C8H11BrNOPS2. The van der Waals surface area contributed by atoms with E-state index in [0.717, 1.165) is 5.30 Å². The molecule has 0 saturated heterocycles. The van der Waals surface area contributed by atoms with Crippen LogP contribution in [0.15, 0.2) is 30.3 Å². The van der Waals surface area contributed by atoms with E-state index < -0.39 is 6.42 Å². The van der Waals surface area contributed by atoms with Crippen LogP contribution in [-0.4, -0.2) is 18.2 Å². The number of hydrogen-bond donors (Lipinski definition) is 0. The van der Waals surface area contributed by atoms with Crippen LogP contribution >= 0.6 is 31.6 Å². The van der Waals surface area contributed by atoms with Crippen LogP contribution in [0.3, 0.4) is 0 Å². The van der Waals surface area contributed by atoms with Crippen LogP contribution < -0.4 is 5.30 Å². The zero-order valence-corrected chi connectivity index (χ0v) is 12.0. The Balaban J connectivity index is 3.09. The van der Waals surface area contributed by atoms with E-state index >= 15 is 0 Å². The molecule has 0 aliphatic rings. The van der Waals surface area contributed by atoms with Gasteiger partial charge in [-0.1, -0.05) is 30.3 Å². The van der Waals surface area contributed by atoms with Crippen molar-refractivity contribution in [2.75, 3.05) is 14.2 Å². The smallest absolute Gasteiger partial charge is 0.171 e. The number of rotatable bonds is 4. The third-order valence-corrected chi connectivity index (χ3v) is 9.22. The van der Waals surface area contributed by atoms with Crippen LogP contribution in [0.1, 0.15) is 0 Å². The van der Waals surface area contributed by atoms with E-state index in [2.05, 4.69) is 14.8 Å². The van der Waals surface area contributed by atoms with Crippen LogP contribution in [0, 0.1) is 0 Å². The molecule has 2 nitrogen and oxygen atoms in total. The Morgan fingerprint density at radius 2 is 2.00 bits per heavy atom. The fraction of sp³-hybridized carbons (Fsp3) is 0.250. The summed E-state index contributed by atoms with van der Waals surface area (Å²) in [5.74, 6) is 0. The van der Waals surface area contributed by atoms with E-state index in [1.165, 1.54) is 10.4 Å². The summed E-state index contributed by atoms with van der Waals surface area (Å²) in [5, 5.41) is 1.06. The molecule has 0 saturated carbocycles. The molecule has 0 aliphatic heterocycles. The molecule has 0 spiro atoms. The Kier molecular flexibility index (Phi) is 5.11. The second-order valence-electron chi connectivity index (χ2n) is 2.57.